The van der Waals surface area contributed by atoms with Crippen molar-refractivity contribution in [2.75, 3.05) is 13.7 Å². The maximum atomic E-state index is 12.8. The van der Waals surface area contributed by atoms with Gasteiger partial charge in [0.1, 0.15) is 12.1 Å². The molecule has 186 valence electrons. The van der Waals surface area contributed by atoms with Gasteiger partial charge in [0.05, 0.1) is 13.2 Å². The van der Waals surface area contributed by atoms with Crippen molar-refractivity contribution in [1.82, 2.24) is 5.32 Å². The first-order valence-electron chi connectivity index (χ1n) is 11.3. The molecule has 0 spiro atoms. The lowest BCUT2D eigenvalue weighted by molar-refractivity contribution is -0.160. The third kappa shape index (κ3) is 9.77. The molecular weight excluding hydrogens is 428 g/mol. The second-order valence-electron chi connectivity index (χ2n) is 8.57. The van der Waals surface area contributed by atoms with Gasteiger partial charge in [-0.3, -0.25) is 14.6 Å². The summed E-state index contributed by atoms with van der Waals surface area (Å²) < 4.78 is 21.9. The lowest BCUT2D eigenvalue weighted by Gasteiger charge is -2.27. The van der Waals surface area contributed by atoms with E-state index in [2.05, 4.69) is 30.9 Å². The van der Waals surface area contributed by atoms with Crippen molar-refractivity contribution in [2.24, 2.45) is 16.8 Å². The highest BCUT2D eigenvalue weighted by Gasteiger charge is 2.30. The van der Waals surface area contributed by atoms with Crippen molar-refractivity contribution in [1.29, 1.82) is 0 Å². The number of aliphatic imine (C=N–C) groups is 1. The summed E-state index contributed by atoms with van der Waals surface area (Å²) in [4.78, 5) is 40.6. The molecule has 0 saturated heterocycles. The Morgan fingerprint density at radius 2 is 1.82 bits per heavy atom. The number of hydrogen-bond acceptors (Lipinski definition) is 8. The number of rotatable bonds is 14. The van der Waals surface area contributed by atoms with Crippen LogP contribution in [0.4, 0.5) is 0 Å². The van der Waals surface area contributed by atoms with Crippen LogP contribution in [0.3, 0.4) is 0 Å². The average molecular weight is 467 g/mol. The molecule has 0 aliphatic heterocycles. The number of allylic oxidation sites excluding steroid dienone is 1. The number of nitrogens with zero attached hydrogens (tertiary/aromatic N) is 1. The molecule has 0 heterocycles. The Hall–Kier alpha value is -2.68. The highest BCUT2D eigenvalue weighted by molar-refractivity contribution is 5.97. The van der Waals surface area contributed by atoms with Crippen molar-refractivity contribution in [2.45, 2.75) is 79.1 Å². The number of ether oxygens (including phenoxy) is 4. The Bertz CT molecular complexity index is 769. The largest absolute Gasteiger partial charge is 0.493 e. The van der Waals surface area contributed by atoms with E-state index < -0.39 is 30.0 Å². The van der Waals surface area contributed by atoms with E-state index in [0.29, 0.717) is 18.4 Å². The first-order chi connectivity index (χ1) is 15.5. The van der Waals surface area contributed by atoms with Gasteiger partial charge in [-0.2, -0.15) is 0 Å². The Balaban J connectivity index is 2.88. The van der Waals surface area contributed by atoms with E-state index in [1.54, 1.807) is 13.8 Å². The molecule has 1 rings (SSSR count). The average Bonchev–Trinajstić information content (AvgIpc) is 3.56. The second kappa shape index (κ2) is 13.8. The smallest absolute Gasteiger partial charge is 0.328 e. The van der Waals surface area contributed by atoms with Crippen LogP contribution < -0.4 is 5.32 Å². The molecule has 0 aromatic carbocycles. The molecule has 0 unspecified atom stereocenters. The zero-order valence-corrected chi connectivity index (χ0v) is 20.8. The van der Waals surface area contributed by atoms with Gasteiger partial charge in [-0.05, 0) is 64.7 Å². The number of esters is 2. The molecule has 33 heavy (non-hydrogen) atoms. The predicted octanol–water partition coefficient (Wildman–Crippen LogP) is 3.29. The topological polar surface area (TPSA) is 113 Å². The molecule has 1 amide bonds. The second-order valence-corrected chi connectivity index (χ2v) is 8.57. The standard InChI is InChI=1S/C24H38N2O7/c1-9-19(30-8)22(33-17(6)27)21(25-7)23(28)26-15(4)24(29)32-16(5)20(12-14(2)3)31-13-18-10-11-18/h9,14-16,18,20H,7,10-13H2,1-6,8H3,(H,26,28)/b19-9+,22-21+/t15-,16-,20+/m0/s1. The van der Waals surface area contributed by atoms with E-state index in [4.69, 9.17) is 18.9 Å². The Morgan fingerprint density at radius 1 is 1.18 bits per heavy atom. The van der Waals surface area contributed by atoms with Crippen LogP contribution in [0.2, 0.25) is 0 Å². The molecule has 3 atom stereocenters. The summed E-state index contributed by atoms with van der Waals surface area (Å²) in [6.45, 7) is 14.3. The monoisotopic (exact) mass is 466 g/mol. The third-order valence-corrected chi connectivity index (χ3v) is 5.01. The first kappa shape index (κ1) is 28.4. The molecule has 1 saturated carbocycles. The van der Waals surface area contributed by atoms with Crippen molar-refractivity contribution in [3.63, 3.8) is 0 Å². The van der Waals surface area contributed by atoms with Gasteiger partial charge < -0.3 is 24.3 Å². The Labute approximate surface area is 196 Å². The Kier molecular flexibility index (Phi) is 11.8. The Morgan fingerprint density at radius 3 is 2.27 bits per heavy atom. The van der Waals surface area contributed by atoms with Gasteiger partial charge in [-0.1, -0.05) is 13.8 Å². The number of carbonyl (C=O) groups excluding carboxylic acids is 3. The molecule has 1 aliphatic rings. The van der Waals surface area contributed by atoms with Gasteiger partial charge in [0, 0.05) is 13.5 Å². The maximum Gasteiger partial charge on any atom is 0.328 e. The summed E-state index contributed by atoms with van der Waals surface area (Å²) in [5, 5.41) is 2.51. The fraction of sp³-hybridized carbons (Fsp3) is 0.667. The zero-order chi connectivity index (χ0) is 25.1. The van der Waals surface area contributed by atoms with Gasteiger partial charge in [-0.25, -0.2) is 4.79 Å². The number of carbonyl (C=O) groups is 3. The van der Waals surface area contributed by atoms with E-state index in [-0.39, 0.29) is 23.3 Å². The summed E-state index contributed by atoms with van der Waals surface area (Å²) in [5.74, 6) is -1.15. The summed E-state index contributed by atoms with van der Waals surface area (Å²) in [6, 6.07) is -0.991. The van der Waals surface area contributed by atoms with Gasteiger partial charge in [0.15, 0.2) is 11.5 Å². The van der Waals surface area contributed by atoms with Crippen LogP contribution in [0.25, 0.3) is 0 Å². The van der Waals surface area contributed by atoms with Crippen LogP contribution in [0.1, 0.15) is 60.8 Å². The molecule has 0 radical (unpaired) electrons. The number of methoxy groups -OCH3 is 1. The highest BCUT2D eigenvalue weighted by Crippen LogP contribution is 2.30. The normalized spacial score (nSPS) is 17.4. The van der Waals surface area contributed by atoms with E-state index in [9.17, 15) is 14.4 Å². The van der Waals surface area contributed by atoms with Crippen molar-refractivity contribution in [3.8, 4) is 0 Å². The number of amides is 1. The molecule has 0 aromatic heterocycles. The van der Waals surface area contributed by atoms with Crippen LogP contribution >= 0.6 is 0 Å². The van der Waals surface area contributed by atoms with Crippen LogP contribution in [0, 0.1) is 11.8 Å². The molecule has 1 fully saturated rings. The van der Waals surface area contributed by atoms with E-state index >= 15 is 0 Å². The predicted molar refractivity (Wildman–Crippen MR) is 124 cm³/mol. The van der Waals surface area contributed by atoms with Gasteiger partial charge in [-0.15, -0.1) is 0 Å². The molecule has 9 nitrogen and oxygen atoms in total. The van der Waals surface area contributed by atoms with E-state index in [1.807, 2.05) is 0 Å². The third-order valence-electron chi connectivity index (χ3n) is 5.01. The highest BCUT2D eigenvalue weighted by atomic mass is 16.6. The minimum Gasteiger partial charge on any atom is -0.493 e. The molecule has 9 heteroatoms. The van der Waals surface area contributed by atoms with Crippen LogP contribution in [-0.4, -0.2) is 56.5 Å². The fourth-order valence-corrected chi connectivity index (χ4v) is 3.04. The maximum absolute atomic E-state index is 12.8. The van der Waals surface area contributed by atoms with Crippen LogP contribution in [0.15, 0.2) is 28.3 Å². The summed E-state index contributed by atoms with van der Waals surface area (Å²) >= 11 is 0. The minimum atomic E-state index is -0.991. The minimum absolute atomic E-state index is 0.121. The lowest BCUT2D eigenvalue weighted by atomic mass is 10.0. The van der Waals surface area contributed by atoms with Crippen molar-refractivity contribution < 1.29 is 33.3 Å². The molecular formula is C24H38N2O7. The SMILES string of the molecule is C=N/C(C(=O)N[C@@H](C)C(=O)O[C@@H](C)[C@@H](CC(C)C)OCC1CC1)=C(OC(C)=O)\C(=C/C)OC. The number of hydrogen-bond donors (Lipinski definition) is 1. The van der Waals surface area contributed by atoms with Crippen LogP contribution in [0.5, 0.6) is 0 Å². The van der Waals surface area contributed by atoms with Crippen molar-refractivity contribution >= 4 is 24.6 Å². The van der Waals surface area contributed by atoms with Gasteiger partial charge in [0.2, 0.25) is 5.76 Å². The number of nitrogens with one attached hydrogen (secondary N) is 1. The van der Waals surface area contributed by atoms with Crippen molar-refractivity contribution in [3.05, 3.63) is 23.3 Å². The van der Waals surface area contributed by atoms with Gasteiger partial charge in [0.25, 0.3) is 5.91 Å². The molecule has 0 bridgehead atoms. The quantitative estimate of drug-likeness (QED) is 0.137. The van der Waals surface area contributed by atoms with Gasteiger partial charge >= 0.3 is 11.9 Å². The zero-order valence-electron chi connectivity index (χ0n) is 20.8. The summed E-state index contributed by atoms with van der Waals surface area (Å²) in [6.07, 6.45) is 3.90. The van der Waals surface area contributed by atoms with E-state index in [0.717, 1.165) is 6.42 Å². The fourth-order valence-electron chi connectivity index (χ4n) is 3.04. The lowest BCUT2D eigenvalue weighted by Crippen LogP contribution is -2.43. The van der Waals surface area contributed by atoms with Crippen LogP contribution in [-0.2, 0) is 33.3 Å². The molecule has 1 aliphatic carbocycles. The molecule has 0 aromatic rings. The molecule has 1 N–H and O–H groups in total. The summed E-state index contributed by atoms with van der Waals surface area (Å²) in [7, 11) is 1.36. The summed E-state index contributed by atoms with van der Waals surface area (Å²) in [5.41, 5.74) is -0.293. The first-order valence-corrected chi connectivity index (χ1v) is 11.3. The van der Waals surface area contributed by atoms with E-state index in [1.165, 1.54) is 39.9 Å².